The van der Waals surface area contributed by atoms with Crippen LogP contribution >= 0.6 is 24.8 Å². The molecule has 2 rings (SSSR count). The fourth-order valence-electron chi connectivity index (χ4n) is 2.20. The highest BCUT2D eigenvalue weighted by atomic mass is 35.5. The molecule has 7 heteroatoms. The minimum Gasteiger partial charge on any atom is -0.399 e. The zero-order valence-electron chi connectivity index (χ0n) is 11.8. The Morgan fingerprint density at radius 1 is 1.30 bits per heavy atom. The Balaban J connectivity index is 0.00000180. The number of nitrogens with one attached hydrogen (secondary N) is 1. The molecular weight excluding hydrogens is 297 g/mol. The molecule has 1 aromatic rings. The molecule has 0 aromatic heterocycles. The Kier molecular flexibility index (Phi) is 7.30. The highest BCUT2D eigenvalue weighted by Crippen LogP contribution is 2.34. The maximum absolute atomic E-state index is 6.41. The van der Waals surface area contributed by atoms with Gasteiger partial charge in [-0.3, -0.25) is 0 Å². The van der Waals surface area contributed by atoms with E-state index in [1.165, 1.54) is 0 Å². The molecule has 1 aliphatic heterocycles. The first-order chi connectivity index (χ1) is 8.51. The molecule has 0 aliphatic carbocycles. The highest BCUT2D eigenvalue weighted by molar-refractivity contribution is 5.85. The molecule has 1 aromatic carbocycles. The summed E-state index contributed by atoms with van der Waals surface area (Å²) in [5.74, 6) is 0. The van der Waals surface area contributed by atoms with Gasteiger partial charge in [0.05, 0.1) is 6.34 Å². The molecule has 0 fully saturated rings. The molecular formula is C13H23Cl2N5. The van der Waals surface area contributed by atoms with Gasteiger partial charge in [0, 0.05) is 16.9 Å². The lowest BCUT2D eigenvalue weighted by Gasteiger charge is -2.31. The predicted molar refractivity (Wildman–Crippen MR) is 91.1 cm³/mol. The molecule has 1 heterocycles. The van der Waals surface area contributed by atoms with Crippen LogP contribution in [0.3, 0.4) is 0 Å². The molecule has 1 aliphatic rings. The van der Waals surface area contributed by atoms with Crippen molar-refractivity contribution in [2.24, 2.45) is 10.7 Å². The van der Waals surface area contributed by atoms with E-state index in [1.807, 2.05) is 18.2 Å². The van der Waals surface area contributed by atoms with E-state index in [0.29, 0.717) is 0 Å². The summed E-state index contributed by atoms with van der Waals surface area (Å²) in [5, 5.41) is 3.11. The summed E-state index contributed by atoms with van der Waals surface area (Å²) >= 11 is 0. The van der Waals surface area contributed by atoms with Crippen molar-refractivity contribution >= 4 is 42.5 Å². The summed E-state index contributed by atoms with van der Waals surface area (Å²) in [6.45, 7) is 1.000. The van der Waals surface area contributed by atoms with Gasteiger partial charge in [0.2, 0.25) is 0 Å². The molecule has 1 unspecified atom stereocenters. The normalized spacial score (nSPS) is 19.6. The maximum Gasteiger partial charge on any atom is 0.137 e. The molecule has 20 heavy (non-hydrogen) atoms. The van der Waals surface area contributed by atoms with Crippen molar-refractivity contribution in [3.8, 4) is 0 Å². The molecule has 114 valence electrons. The highest BCUT2D eigenvalue weighted by Gasteiger charge is 2.30. The average molecular weight is 320 g/mol. The number of anilines is 2. The third kappa shape index (κ3) is 4.24. The fraction of sp³-hybridized carbons (Fsp3) is 0.462. The van der Waals surface area contributed by atoms with E-state index < -0.39 is 5.66 Å². The summed E-state index contributed by atoms with van der Waals surface area (Å²) in [4.78, 5) is 6.56. The van der Waals surface area contributed by atoms with Crippen LogP contribution in [0.5, 0.6) is 0 Å². The summed E-state index contributed by atoms with van der Waals surface area (Å²) in [6.07, 6.45) is 3.48. The predicted octanol–water partition coefficient (Wildman–Crippen LogP) is 2.02. The first-order valence-corrected chi connectivity index (χ1v) is 6.15. The van der Waals surface area contributed by atoms with Gasteiger partial charge >= 0.3 is 0 Å². The number of hydrogen-bond donors (Lipinski definition) is 3. The number of benzene rings is 1. The zero-order valence-corrected chi connectivity index (χ0v) is 13.4. The van der Waals surface area contributed by atoms with E-state index in [0.717, 1.165) is 36.3 Å². The van der Waals surface area contributed by atoms with Crippen LogP contribution in [0.15, 0.2) is 23.2 Å². The topological polar surface area (TPSA) is 79.7 Å². The minimum absolute atomic E-state index is 0. The third-order valence-corrected chi connectivity index (χ3v) is 3.19. The molecule has 5 N–H and O–H groups in total. The number of aliphatic imine (C=N–C) groups is 1. The number of halogens is 2. The quantitative estimate of drug-likeness (QED) is 0.742. The number of nitrogens with two attached hydrogens (primary N) is 2. The van der Waals surface area contributed by atoms with Crippen molar-refractivity contribution in [3.63, 3.8) is 0 Å². The fourth-order valence-corrected chi connectivity index (χ4v) is 2.20. The van der Waals surface area contributed by atoms with Crippen LogP contribution in [0.4, 0.5) is 11.4 Å². The van der Waals surface area contributed by atoms with Crippen molar-refractivity contribution in [2.75, 3.05) is 31.7 Å². The van der Waals surface area contributed by atoms with Gasteiger partial charge in [-0.25, -0.2) is 4.99 Å². The largest absolute Gasteiger partial charge is 0.399 e. The molecule has 0 amide bonds. The minimum atomic E-state index is -0.661. The van der Waals surface area contributed by atoms with Crippen molar-refractivity contribution in [2.45, 2.75) is 18.5 Å². The monoisotopic (exact) mass is 319 g/mol. The van der Waals surface area contributed by atoms with Crippen LogP contribution in [0.1, 0.15) is 18.4 Å². The third-order valence-electron chi connectivity index (χ3n) is 3.19. The lowest BCUT2D eigenvalue weighted by atomic mass is 9.92. The number of fused-ring (bicyclic) bond motifs is 1. The molecule has 1 atom stereocenters. The first-order valence-electron chi connectivity index (χ1n) is 6.15. The summed E-state index contributed by atoms with van der Waals surface area (Å²) in [5.41, 5.74) is 14.3. The van der Waals surface area contributed by atoms with Crippen LogP contribution in [0.2, 0.25) is 0 Å². The molecule has 0 saturated carbocycles. The van der Waals surface area contributed by atoms with Crippen LogP contribution in [0.25, 0.3) is 0 Å². The summed E-state index contributed by atoms with van der Waals surface area (Å²) in [6, 6.07) is 5.73. The Hall–Kier alpha value is -1.01. The van der Waals surface area contributed by atoms with Crippen LogP contribution in [0, 0.1) is 0 Å². The number of rotatable bonds is 4. The van der Waals surface area contributed by atoms with Crippen LogP contribution < -0.4 is 16.8 Å². The number of hydrogen-bond acceptors (Lipinski definition) is 5. The van der Waals surface area contributed by atoms with E-state index in [1.54, 1.807) is 6.34 Å². The van der Waals surface area contributed by atoms with Gasteiger partial charge in [-0.2, -0.15) is 0 Å². The Morgan fingerprint density at radius 3 is 2.65 bits per heavy atom. The van der Waals surface area contributed by atoms with Crippen LogP contribution in [-0.4, -0.2) is 31.9 Å². The standard InChI is InChI=1S/C13H21N5.2ClH/c1-18(2)7-3-6-13(15)11-8-10(14)4-5-12(11)16-9-17-13;;/h4-5,8-9H,3,6-7,14-15H2,1-2H3,(H,16,17);2*1H. The molecule has 0 spiro atoms. The van der Waals surface area contributed by atoms with Gasteiger partial charge in [-0.05, 0) is 51.7 Å². The van der Waals surface area contributed by atoms with Crippen molar-refractivity contribution in [3.05, 3.63) is 23.8 Å². The van der Waals surface area contributed by atoms with Gasteiger partial charge in [-0.1, -0.05) is 0 Å². The second kappa shape index (κ2) is 7.69. The molecule has 0 saturated heterocycles. The lowest BCUT2D eigenvalue weighted by Crippen LogP contribution is -2.39. The smallest absolute Gasteiger partial charge is 0.137 e. The molecule has 5 nitrogen and oxygen atoms in total. The van der Waals surface area contributed by atoms with Crippen molar-refractivity contribution in [1.29, 1.82) is 0 Å². The van der Waals surface area contributed by atoms with E-state index in [9.17, 15) is 0 Å². The molecule has 0 radical (unpaired) electrons. The van der Waals surface area contributed by atoms with Gasteiger partial charge in [0.1, 0.15) is 5.66 Å². The Bertz CT molecular complexity index is 464. The second-order valence-electron chi connectivity index (χ2n) is 5.04. The van der Waals surface area contributed by atoms with E-state index in [2.05, 4.69) is 29.3 Å². The number of nitrogen functional groups attached to an aromatic ring is 1. The average Bonchev–Trinajstić information content (AvgIpc) is 2.30. The van der Waals surface area contributed by atoms with Gasteiger partial charge in [0.15, 0.2) is 0 Å². The first kappa shape index (κ1) is 19.0. The van der Waals surface area contributed by atoms with E-state index >= 15 is 0 Å². The number of nitrogens with zero attached hydrogens (tertiary/aromatic N) is 2. The zero-order chi connectivity index (χ0) is 13.2. The van der Waals surface area contributed by atoms with Gasteiger partial charge in [-0.15, -0.1) is 24.8 Å². The second-order valence-corrected chi connectivity index (χ2v) is 5.04. The maximum atomic E-state index is 6.41. The van der Waals surface area contributed by atoms with E-state index in [-0.39, 0.29) is 24.8 Å². The summed E-state index contributed by atoms with van der Waals surface area (Å²) in [7, 11) is 4.11. The lowest BCUT2D eigenvalue weighted by molar-refractivity contribution is 0.345. The van der Waals surface area contributed by atoms with Crippen molar-refractivity contribution in [1.82, 2.24) is 4.90 Å². The Morgan fingerprint density at radius 2 is 2.00 bits per heavy atom. The summed E-state index contributed by atoms with van der Waals surface area (Å²) < 4.78 is 0. The SMILES string of the molecule is CN(C)CCCC1(N)N=CNc2ccc(N)cc21.Cl.Cl. The van der Waals surface area contributed by atoms with E-state index in [4.69, 9.17) is 11.5 Å². The van der Waals surface area contributed by atoms with Crippen molar-refractivity contribution < 1.29 is 0 Å². The van der Waals surface area contributed by atoms with Gasteiger partial charge < -0.3 is 21.7 Å². The molecule has 0 bridgehead atoms. The Labute approximate surface area is 132 Å². The van der Waals surface area contributed by atoms with Crippen LogP contribution in [-0.2, 0) is 5.66 Å². The van der Waals surface area contributed by atoms with Gasteiger partial charge in [0.25, 0.3) is 0 Å².